The van der Waals surface area contributed by atoms with Crippen LogP contribution < -0.4 is 10.6 Å². The minimum Gasteiger partial charge on any atom is -0.440 e. The zero-order valence-corrected chi connectivity index (χ0v) is 11.9. The van der Waals surface area contributed by atoms with Crippen molar-refractivity contribution in [3.8, 4) is 0 Å². The predicted octanol–water partition coefficient (Wildman–Crippen LogP) is 2.64. The predicted molar refractivity (Wildman–Crippen MR) is 80.2 cm³/mol. The van der Waals surface area contributed by atoms with Crippen molar-refractivity contribution in [2.24, 2.45) is 5.92 Å². The zero-order valence-electron chi connectivity index (χ0n) is 11.9. The van der Waals surface area contributed by atoms with Crippen LogP contribution in [0.25, 0.3) is 11.1 Å². The molecule has 0 unspecified atom stereocenters. The molecule has 5 nitrogen and oxygen atoms in total. The number of carbonyl (C=O) groups excluding carboxylic acids is 1. The third kappa shape index (κ3) is 2.65. The van der Waals surface area contributed by atoms with Gasteiger partial charge in [-0.3, -0.25) is 4.79 Å². The van der Waals surface area contributed by atoms with Crippen molar-refractivity contribution in [3.05, 3.63) is 24.1 Å². The van der Waals surface area contributed by atoms with Gasteiger partial charge in [-0.05, 0) is 57.0 Å². The van der Waals surface area contributed by atoms with Gasteiger partial charge in [-0.25, -0.2) is 4.98 Å². The molecule has 110 valence electrons. The van der Waals surface area contributed by atoms with E-state index in [1.165, 1.54) is 12.8 Å². The fourth-order valence-corrected chi connectivity index (χ4v) is 2.86. The molecule has 5 heteroatoms. The topological polar surface area (TPSA) is 67.2 Å². The second-order valence-electron chi connectivity index (χ2n) is 6.02. The molecule has 0 atom stereocenters. The number of aromatic nitrogens is 1. The Morgan fingerprint density at radius 2 is 2.05 bits per heavy atom. The molecule has 1 aliphatic heterocycles. The van der Waals surface area contributed by atoms with Crippen molar-refractivity contribution >= 4 is 22.7 Å². The Morgan fingerprint density at radius 1 is 1.24 bits per heavy atom. The highest BCUT2D eigenvalue weighted by molar-refractivity contribution is 5.94. The average Bonchev–Trinajstić information content (AvgIpc) is 3.28. The quantitative estimate of drug-likeness (QED) is 0.909. The molecule has 2 fully saturated rings. The van der Waals surface area contributed by atoms with E-state index in [1.54, 1.807) is 0 Å². The Balaban J connectivity index is 1.51. The lowest BCUT2D eigenvalue weighted by Crippen LogP contribution is -2.34. The van der Waals surface area contributed by atoms with Gasteiger partial charge in [0.25, 0.3) is 0 Å². The van der Waals surface area contributed by atoms with Gasteiger partial charge < -0.3 is 15.1 Å². The van der Waals surface area contributed by atoms with Crippen LogP contribution in [0, 0.1) is 5.92 Å². The lowest BCUT2D eigenvalue weighted by atomic mass is 9.97. The van der Waals surface area contributed by atoms with E-state index in [4.69, 9.17) is 4.42 Å². The first-order valence-corrected chi connectivity index (χ1v) is 7.72. The molecule has 1 aliphatic carbocycles. The second-order valence-corrected chi connectivity index (χ2v) is 6.02. The van der Waals surface area contributed by atoms with Gasteiger partial charge in [-0.1, -0.05) is 0 Å². The van der Waals surface area contributed by atoms with E-state index in [0.717, 1.165) is 48.6 Å². The number of fused-ring (bicyclic) bond motifs is 1. The number of hydrogen-bond acceptors (Lipinski definition) is 4. The van der Waals surface area contributed by atoms with Crippen molar-refractivity contribution in [3.63, 3.8) is 0 Å². The zero-order chi connectivity index (χ0) is 14.2. The lowest BCUT2D eigenvalue weighted by Gasteiger charge is -2.21. The van der Waals surface area contributed by atoms with E-state index in [2.05, 4.69) is 15.6 Å². The van der Waals surface area contributed by atoms with Crippen LogP contribution in [0.1, 0.15) is 37.5 Å². The van der Waals surface area contributed by atoms with Crippen LogP contribution in [0.15, 0.2) is 22.6 Å². The van der Waals surface area contributed by atoms with Crippen LogP contribution in [-0.2, 0) is 4.79 Å². The number of rotatable bonds is 3. The second kappa shape index (κ2) is 5.15. The minimum atomic E-state index is 0.112. The number of amides is 1. The summed E-state index contributed by atoms with van der Waals surface area (Å²) in [7, 11) is 0. The summed E-state index contributed by atoms with van der Waals surface area (Å²) in [5.74, 6) is 1.57. The monoisotopic (exact) mass is 285 g/mol. The number of benzene rings is 1. The third-order valence-electron chi connectivity index (χ3n) is 4.31. The fourth-order valence-electron chi connectivity index (χ4n) is 2.86. The van der Waals surface area contributed by atoms with Crippen LogP contribution in [0.4, 0.5) is 5.69 Å². The number of piperidine rings is 1. The van der Waals surface area contributed by atoms with Gasteiger partial charge in [0, 0.05) is 17.5 Å². The highest BCUT2D eigenvalue weighted by atomic mass is 16.3. The van der Waals surface area contributed by atoms with Gasteiger partial charge in [-0.15, -0.1) is 0 Å². The molecule has 1 amide bonds. The van der Waals surface area contributed by atoms with Crippen molar-refractivity contribution in [1.29, 1.82) is 0 Å². The number of oxazole rings is 1. The summed E-state index contributed by atoms with van der Waals surface area (Å²) in [6, 6.07) is 5.69. The number of nitrogens with zero attached hydrogens (tertiary/aromatic N) is 1. The molecule has 4 rings (SSSR count). The lowest BCUT2D eigenvalue weighted by molar-refractivity contribution is -0.120. The summed E-state index contributed by atoms with van der Waals surface area (Å²) < 4.78 is 5.74. The molecule has 1 aromatic carbocycles. The molecule has 2 heterocycles. The number of hydrogen-bond donors (Lipinski definition) is 2. The fraction of sp³-hybridized carbons (Fsp3) is 0.500. The Hall–Kier alpha value is -1.88. The normalized spacial score (nSPS) is 19.8. The summed E-state index contributed by atoms with van der Waals surface area (Å²) in [6.45, 7) is 1.84. The summed E-state index contributed by atoms with van der Waals surface area (Å²) in [4.78, 5) is 16.8. The Bertz CT molecular complexity index is 669. The van der Waals surface area contributed by atoms with Gasteiger partial charge >= 0.3 is 0 Å². The first-order chi connectivity index (χ1) is 10.3. The Morgan fingerprint density at radius 3 is 2.81 bits per heavy atom. The largest absolute Gasteiger partial charge is 0.440 e. The van der Waals surface area contributed by atoms with Crippen molar-refractivity contribution in [2.75, 3.05) is 18.4 Å². The van der Waals surface area contributed by atoms with E-state index < -0.39 is 0 Å². The number of carbonyl (C=O) groups is 1. The molecule has 21 heavy (non-hydrogen) atoms. The molecule has 1 saturated carbocycles. The van der Waals surface area contributed by atoms with E-state index in [9.17, 15) is 4.79 Å². The Kier molecular flexibility index (Phi) is 3.15. The van der Waals surface area contributed by atoms with Crippen LogP contribution in [0.2, 0.25) is 0 Å². The maximum atomic E-state index is 12.2. The molecule has 1 aromatic heterocycles. The van der Waals surface area contributed by atoms with Crippen LogP contribution in [0.5, 0.6) is 0 Å². The molecular formula is C16H19N3O2. The van der Waals surface area contributed by atoms with E-state index in [-0.39, 0.29) is 11.8 Å². The molecular weight excluding hydrogens is 266 g/mol. The number of anilines is 1. The molecule has 1 saturated heterocycles. The first kappa shape index (κ1) is 12.8. The van der Waals surface area contributed by atoms with Gasteiger partial charge in [0.15, 0.2) is 11.5 Å². The highest BCUT2D eigenvalue weighted by Crippen LogP contribution is 2.40. The van der Waals surface area contributed by atoms with Crippen molar-refractivity contribution < 1.29 is 9.21 Å². The summed E-state index contributed by atoms with van der Waals surface area (Å²) >= 11 is 0. The van der Waals surface area contributed by atoms with E-state index in [1.807, 2.05) is 18.2 Å². The van der Waals surface area contributed by atoms with Crippen LogP contribution in [-0.4, -0.2) is 24.0 Å². The average molecular weight is 285 g/mol. The van der Waals surface area contributed by atoms with Gasteiger partial charge in [-0.2, -0.15) is 0 Å². The smallest absolute Gasteiger partial charge is 0.227 e. The van der Waals surface area contributed by atoms with E-state index in [0.29, 0.717) is 5.92 Å². The molecule has 0 radical (unpaired) electrons. The SMILES string of the molecule is O=C(Nc1ccc2oc(C3CC3)nc2c1)C1CCNCC1. The Labute approximate surface area is 123 Å². The van der Waals surface area contributed by atoms with Crippen LogP contribution >= 0.6 is 0 Å². The van der Waals surface area contributed by atoms with Crippen molar-refractivity contribution in [2.45, 2.75) is 31.6 Å². The van der Waals surface area contributed by atoms with Crippen LogP contribution in [0.3, 0.4) is 0 Å². The maximum Gasteiger partial charge on any atom is 0.227 e. The molecule has 2 N–H and O–H groups in total. The van der Waals surface area contributed by atoms with Gasteiger partial charge in [0.05, 0.1) is 0 Å². The first-order valence-electron chi connectivity index (χ1n) is 7.72. The number of nitrogens with one attached hydrogen (secondary N) is 2. The highest BCUT2D eigenvalue weighted by Gasteiger charge is 2.29. The standard InChI is InChI=1S/C16H19N3O2/c20-15(10-5-7-17-8-6-10)18-12-3-4-14-13(9-12)19-16(21-14)11-1-2-11/h3-4,9-11,17H,1-2,5-8H2,(H,18,20). The summed E-state index contributed by atoms with van der Waals surface area (Å²) in [5.41, 5.74) is 2.44. The molecule has 2 aromatic rings. The molecule has 0 spiro atoms. The molecule has 2 aliphatic rings. The van der Waals surface area contributed by atoms with Crippen molar-refractivity contribution in [1.82, 2.24) is 10.3 Å². The van der Waals surface area contributed by atoms with Gasteiger partial charge in [0.2, 0.25) is 5.91 Å². The van der Waals surface area contributed by atoms with E-state index >= 15 is 0 Å². The summed E-state index contributed by atoms with van der Waals surface area (Å²) in [6.07, 6.45) is 4.16. The van der Waals surface area contributed by atoms with Gasteiger partial charge in [0.1, 0.15) is 5.52 Å². The molecule has 0 bridgehead atoms. The summed E-state index contributed by atoms with van der Waals surface area (Å²) in [5, 5.41) is 6.28. The minimum absolute atomic E-state index is 0.112. The maximum absolute atomic E-state index is 12.2. The third-order valence-corrected chi connectivity index (χ3v) is 4.31.